The van der Waals surface area contributed by atoms with Crippen molar-refractivity contribution in [3.63, 3.8) is 0 Å². The van der Waals surface area contributed by atoms with Crippen molar-refractivity contribution < 1.29 is 13.2 Å². The Bertz CT molecular complexity index is 1040. The summed E-state index contributed by atoms with van der Waals surface area (Å²) in [6.45, 7) is 3.89. The van der Waals surface area contributed by atoms with Crippen molar-refractivity contribution in [2.24, 2.45) is 0 Å². The fourth-order valence-electron chi connectivity index (χ4n) is 2.64. The molecule has 0 unspecified atom stereocenters. The summed E-state index contributed by atoms with van der Waals surface area (Å²) in [4.78, 5) is 12.6. The Balaban J connectivity index is 1.70. The van der Waals surface area contributed by atoms with Gasteiger partial charge in [0, 0.05) is 11.3 Å². The Kier molecular flexibility index (Phi) is 5.42. The summed E-state index contributed by atoms with van der Waals surface area (Å²) >= 11 is 0. The predicted octanol–water partition coefficient (Wildman–Crippen LogP) is 4.53. The number of amides is 1. The first kappa shape index (κ1) is 18.9. The van der Waals surface area contributed by atoms with Crippen LogP contribution in [0.2, 0.25) is 0 Å². The summed E-state index contributed by atoms with van der Waals surface area (Å²) in [6.07, 6.45) is 0. The van der Waals surface area contributed by atoms with Crippen molar-refractivity contribution >= 4 is 21.4 Å². The molecule has 3 aromatic rings. The maximum atomic E-state index is 12.5. The van der Waals surface area contributed by atoms with E-state index in [1.807, 2.05) is 38.1 Å². The molecule has 138 valence electrons. The van der Waals surface area contributed by atoms with Crippen LogP contribution < -0.4 is 5.32 Å². The van der Waals surface area contributed by atoms with Crippen molar-refractivity contribution in [1.29, 1.82) is 0 Å². The second-order valence-corrected chi connectivity index (χ2v) is 8.58. The van der Waals surface area contributed by atoms with Gasteiger partial charge in [-0.15, -0.1) is 0 Å². The smallest absolute Gasteiger partial charge is 0.255 e. The van der Waals surface area contributed by atoms with Crippen LogP contribution in [-0.2, 0) is 15.6 Å². The van der Waals surface area contributed by atoms with E-state index in [1.165, 1.54) is 0 Å². The van der Waals surface area contributed by atoms with Gasteiger partial charge in [-0.25, -0.2) is 8.42 Å². The fraction of sp³-hybridized carbons (Fsp3) is 0.136. The minimum atomic E-state index is -3.42. The van der Waals surface area contributed by atoms with E-state index in [0.717, 1.165) is 16.8 Å². The van der Waals surface area contributed by atoms with Crippen molar-refractivity contribution in [2.75, 3.05) is 5.32 Å². The van der Waals surface area contributed by atoms with E-state index in [2.05, 4.69) is 5.32 Å². The van der Waals surface area contributed by atoms with Crippen LogP contribution in [0, 0.1) is 13.8 Å². The molecule has 3 rings (SSSR count). The standard InChI is InChI=1S/C22H21NO3S/c1-16-3-11-20(12-4-16)23-22(24)19-9-7-18(8-10-19)15-27(25,26)21-13-5-17(2)6-14-21/h3-14H,15H2,1-2H3,(H,23,24). The van der Waals surface area contributed by atoms with Gasteiger partial charge in [0.05, 0.1) is 10.6 Å². The van der Waals surface area contributed by atoms with Crippen LogP contribution in [0.4, 0.5) is 5.69 Å². The van der Waals surface area contributed by atoms with E-state index in [9.17, 15) is 13.2 Å². The van der Waals surface area contributed by atoms with Crippen LogP contribution in [0.5, 0.6) is 0 Å². The van der Waals surface area contributed by atoms with Gasteiger partial charge in [-0.3, -0.25) is 4.79 Å². The summed E-state index contributed by atoms with van der Waals surface area (Å²) < 4.78 is 25.0. The number of rotatable bonds is 5. The number of hydrogen-bond acceptors (Lipinski definition) is 3. The number of benzene rings is 3. The summed E-state index contributed by atoms with van der Waals surface area (Å²) in [5, 5.41) is 2.83. The van der Waals surface area contributed by atoms with Crippen LogP contribution in [0.15, 0.2) is 77.7 Å². The van der Waals surface area contributed by atoms with Gasteiger partial charge in [0.1, 0.15) is 0 Å². The number of carbonyl (C=O) groups excluding carboxylic acids is 1. The third-order valence-electron chi connectivity index (χ3n) is 4.26. The van der Waals surface area contributed by atoms with E-state index >= 15 is 0 Å². The summed E-state index contributed by atoms with van der Waals surface area (Å²) in [7, 11) is -3.42. The first-order chi connectivity index (χ1) is 12.8. The Morgan fingerprint density at radius 2 is 1.30 bits per heavy atom. The molecule has 0 spiro atoms. The zero-order chi connectivity index (χ0) is 19.4. The van der Waals surface area contributed by atoms with Gasteiger partial charge in [-0.1, -0.05) is 47.5 Å². The molecule has 5 heteroatoms. The van der Waals surface area contributed by atoms with Crippen LogP contribution in [-0.4, -0.2) is 14.3 Å². The number of hydrogen-bond donors (Lipinski definition) is 1. The molecule has 4 nitrogen and oxygen atoms in total. The molecule has 0 fully saturated rings. The van der Waals surface area contributed by atoms with Gasteiger partial charge in [-0.2, -0.15) is 0 Å². The zero-order valence-corrected chi connectivity index (χ0v) is 16.1. The molecule has 1 N–H and O–H groups in total. The molecule has 0 aliphatic rings. The van der Waals surface area contributed by atoms with Crippen molar-refractivity contribution in [2.45, 2.75) is 24.5 Å². The molecule has 0 aliphatic carbocycles. The van der Waals surface area contributed by atoms with Gasteiger partial charge in [-0.05, 0) is 55.8 Å². The lowest BCUT2D eigenvalue weighted by Crippen LogP contribution is -2.12. The molecule has 0 saturated heterocycles. The van der Waals surface area contributed by atoms with Crippen molar-refractivity contribution in [1.82, 2.24) is 0 Å². The van der Waals surface area contributed by atoms with Crippen LogP contribution in [0.1, 0.15) is 27.0 Å². The first-order valence-corrected chi connectivity index (χ1v) is 10.3. The number of sulfone groups is 1. The molecule has 0 atom stereocenters. The number of carbonyl (C=O) groups is 1. The van der Waals surface area contributed by atoms with E-state index in [4.69, 9.17) is 0 Å². The average molecular weight is 379 g/mol. The summed E-state index contributed by atoms with van der Waals surface area (Å²) in [5.41, 5.74) is 3.97. The lowest BCUT2D eigenvalue weighted by atomic mass is 10.1. The van der Waals surface area contributed by atoms with E-state index in [0.29, 0.717) is 16.0 Å². The van der Waals surface area contributed by atoms with Crippen molar-refractivity contribution in [3.05, 3.63) is 95.1 Å². The molecule has 0 aliphatic heterocycles. The van der Waals surface area contributed by atoms with Crippen LogP contribution >= 0.6 is 0 Å². The minimum absolute atomic E-state index is 0.101. The molecule has 1 amide bonds. The molecule has 0 aromatic heterocycles. The number of aryl methyl sites for hydroxylation is 2. The quantitative estimate of drug-likeness (QED) is 0.708. The highest BCUT2D eigenvalue weighted by atomic mass is 32.2. The summed E-state index contributed by atoms with van der Waals surface area (Å²) in [5.74, 6) is -0.331. The second kappa shape index (κ2) is 7.76. The Labute approximate surface area is 159 Å². The predicted molar refractivity (Wildman–Crippen MR) is 108 cm³/mol. The lowest BCUT2D eigenvalue weighted by molar-refractivity contribution is 0.102. The maximum Gasteiger partial charge on any atom is 0.255 e. The SMILES string of the molecule is Cc1ccc(NC(=O)c2ccc(CS(=O)(=O)c3ccc(C)cc3)cc2)cc1. The lowest BCUT2D eigenvalue weighted by Gasteiger charge is -2.08. The molecular weight excluding hydrogens is 358 g/mol. The third kappa shape index (κ3) is 4.83. The van der Waals surface area contributed by atoms with Gasteiger partial charge < -0.3 is 5.32 Å². The van der Waals surface area contributed by atoms with Crippen LogP contribution in [0.3, 0.4) is 0 Å². The van der Waals surface area contributed by atoms with Crippen molar-refractivity contribution in [3.8, 4) is 0 Å². The molecular formula is C22H21NO3S. The molecule has 3 aromatic carbocycles. The molecule has 0 bridgehead atoms. The second-order valence-electron chi connectivity index (χ2n) is 6.59. The van der Waals surface area contributed by atoms with E-state index in [-0.39, 0.29) is 11.7 Å². The van der Waals surface area contributed by atoms with E-state index < -0.39 is 9.84 Å². The molecule has 0 radical (unpaired) electrons. The van der Waals surface area contributed by atoms with E-state index in [1.54, 1.807) is 48.5 Å². The van der Waals surface area contributed by atoms with Crippen LogP contribution in [0.25, 0.3) is 0 Å². The fourth-order valence-corrected chi connectivity index (χ4v) is 3.99. The Morgan fingerprint density at radius 1 is 0.778 bits per heavy atom. The number of anilines is 1. The van der Waals surface area contributed by atoms with Gasteiger partial charge in [0.15, 0.2) is 9.84 Å². The normalized spacial score (nSPS) is 11.2. The highest BCUT2D eigenvalue weighted by Gasteiger charge is 2.15. The largest absolute Gasteiger partial charge is 0.322 e. The zero-order valence-electron chi connectivity index (χ0n) is 15.3. The molecule has 27 heavy (non-hydrogen) atoms. The Morgan fingerprint density at radius 3 is 1.85 bits per heavy atom. The average Bonchev–Trinajstić information content (AvgIpc) is 2.64. The highest BCUT2D eigenvalue weighted by Crippen LogP contribution is 2.18. The van der Waals surface area contributed by atoms with Gasteiger partial charge >= 0.3 is 0 Å². The van der Waals surface area contributed by atoms with Gasteiger partial charge in [0.2, 0.25) is 0 Å². The van der Waals surface area contributed by atoms with Gasteiger partial charge in [0.25, 0.3) is 5.91 Å². The Hall–Kier alpha value is -2.92. The summed E-state index contributed by atoms with van der Waals surface area (Å²) in [6, 6.07) is 21.0. The minimum Gasteiger partial charge on any atom is -0.322 e. The monoisotopic (exact) mass is 379 g/mol. The first-order valence-electron chi connectivity index (χ1n) is 8.60. The highest BCUT2D eigenvalue weighted by molar-refractivity contribution is 7.90. The maximum absolute atomic E-state index is 12.5. The molecule has 0 heterocycles. The topological polar surface area (TPSA) is 63.2 Å². The third-order valence-corrected chi connectivity index (χ3v) is 5.97. The number of nitrogens with one attached hydrogen (secondary N) is 1. The molecule has 0 saturated carbocycles.